The van der Waals surface area contributed by atoms with E-state index in [-0.39, 0.29) is 0 Å². The second-order valence-electron chi connectivity index (χ2n) is 3.12. The third kappa shape index (κ3) is 1.73. The standard InChI is InChI=1S/C10H11NOS2/c1-6-8(3-4-13-6)10(12)9-5-11-7(2)14-9/h3-5,10,12H,1-2H3. The third-order valence-electron chi connectivity index (χ3n) is 2.10. The SMILES string of the molecule is Cc1ncc(C(O)c2ccsc2C)s1. The molecule has 2 nitrogen and oxygen atoms in total. The molecule has 0 fully saturated rings. The molecule has 0 aliphatic carbocycles. The summed E-state index contributed by atoms with van der Waals surface area (Å²) in [4.78, 5) is 6.23. The van der Waals surface area contributed by atoms with Crippen molar-refractivity contribution in [1.29, 1.82) is 0 Å². The minimum atomic E-state index is -0.507. The predicted octanol–water partition coefficient (Wildman–Crippen LogP) is 2.90. The Balaban J connectivity index is 2.33. The molecule has 74 valence electrons. The number of rotatable bonds is 2. The van der Waals surface area contributed by atoms with Gasteiger partial charge in [0.2, 0.25) is 0 Å². The first kappa shape index (κ1) is 9.83. The molecule has 2 aromatic rings. The molecule has 0 saturated carbocycles. The van der Waals surface area contributed by atoms with Gasteiger partial charge in [-0.2, -0.15) is 0 Å². The minimum Gasteiger partial charge on any atom is -0.383 e. The second kappa shape index (κ2) is 3.81. The maximum atomic E-state index is 10.1. The molecule has 0 aliphatic rings. The number of aliphatic hydroxyl groups excluding tert-OH is 1. The minimum absolute atomic E-state index is 0.507. The average molecular weight is 225 g/mol. The van der Waals surface area contributed by atoms with Gasteiger partial charge in [0, 0.05) is 11.1 Å². The molecule has 14 heavy (non-hydrogen) atoms. The molecule has 0 spiro atoms. The Hall–Kier alpha value is -0.710. The molecular weight excluding hydrogens is 214 g/mol. The molecule has 0 aromatic carbocycles. The van der Waals surface area contributed by atoms with E-state index in [0.717, 1.165) is 15.4 Å². The van der Waals surface area contributed by atoms with Gasteiger partial charge >= 0.3 is 0 Å². The van der Waals surface area contributed by atoms with Gasteiger partial charge in [-0.3, -0.25) is 0 Å². The van der Waals surface area contributed by atoms with Crippen molar-refractivity contribution in [3.63, 3.8) is 0 Å². The monoisotopic (exact) mass is 225 g/mol. The van der Waals surface area contributed by atoms with Crippen LogP contribution in [0.3, 0.4) is 0 Å². The van der Waals surface area contributed by atoms with E-state index in [2.05, 4.69) is 4.98 Å². The van der Waals surface area contributed by atoms with E-state index in [1.165, 1.54) is 4.88 Å². The lowest BCUT2D eigenvalue weighted by molar-refractivity contribution is 0.224. The predicted molar refractivity (Wildman–Crippen MR) is 60.0 cm³/mol. The Morgan fingerprint density at radius 2 is 2.21 bits per heavy atom. The molecule has 0 radical (unpaired) electrons. The molecule has 1 atom stereocenters. The zero-order valence-electron chi connectivity index (χ0n) is 8.02. The number of thiophene rings is 1. The van der Waals surface area contributed by atoms with Crippen molar-refractivity contribution in [1.82, 2.24) is 4.98 Å². The van der Waals surface area contributed by atoms with Crippen LogP contribution in [0, 0.1) is 13.8 Å². The lowest BCUT2D eigenvalue weighted by atomic mass is 10.1. The van der Waals surface area contributed by atoms with Gasteiger partial charge in [0.05, 0.1) is 9.88 Å². The van der Waals surface area contributed by atoms with E-state index < -0.39 is 6.10 Å². The normalized spacial score (nSPS) is 13.1. The highest BCUT2D eigenvalue weighted by atomic mass is 32.1. The van der Waals surface area contributed by atoms with E-state index in [1.54, 1.807) is 28.9 Å². The fraction of sp³-hybridized carbons (Fsp3) is 0.300. The molecule has 1 unspecified atom stereocenters. The Morgan fingerprint density at radius 3 is 2.71 bits per heavy atom. The number of aliphatic hydroxyl groups is 1. The average Bonchev–Trinajstić information content (AvgIpc) is 2.73. The lowest BCUT2D eigenvalue weighted by Gasteiger charge is -2.06. The number of hydrogen-bond donors (Lipinski definition) is 1. The molecule has 2 rings (SSSR count). The molecule has 1 N–H and O–H groups in total. The van der Waals surface area contributed by atoms with Crippen molar-refractivity contribution in [2.75, 3.05) is 0 Å². The van der Waals surface area contributed by atoms with Crippen LogP contribution in [-0.4, -0.2) is 10.1 Å². The van der Waals surface area contributed by atoms with Crippen LogP contribution in [0.2, 0.25) is 0 Å². The van der Waals surface area contributed by atoms with E-state index in [9.17, 15) is 5.11 Å². The van der Waals surface area contributed by atoms with E-state index in [0.29, 0.717) is 0 Å². The van der Waals surface area contributed by atoms with Crippen molar-refractivity contribution >= 4 is 22.7 Å². The van der Waals surface area contributed by atoms with Crippen LogP contribution in [0.15, 0.2) is 17.6 Å². The van der Waals surface area contributed by atoms with Crippen LogP contribution in [0.4, 0.5) is 0 Å². The first-order chi connectivity index (χ1) is 6.68. The molecule has 2 heterocycles. The summed E-state index contributed by atoms with van der Waals surface area (Å²) in [5.74, 6) is 0. The first-order valence-electron chi connectivity index (χ1n) is 4.33. The Kier molecular flexibility index (Phi) is 2.67. The van der Waals surface area contributed by atoms with Crippen LogP contribution >= 0.6 is 22.7 Å². The third-order valence-corrected chi connectivity index (χ3v) is 3.93. The number of thiazole rings is 1. The van der Waals surface area contributed by atoms with E-state index in [4.69, 9.17) is 0 Å². The van der Waals surface area contributed by atoms with Crippen LogP contribution in [0.5, 0.6) is 0 Å². The quantitative estimate of drug-likeness (QED) is 0.852. The zero-order valence-corrected chi connectivity index (χ0v) is 9.65. The zero-order chi connectivity index (χ0) is 10.1. The Labute approximate surface area is 90.9 Å². The van der Waals surface area contributed by atoms with Gasteiger partial charge in [0.15, 0.2) is 0 Å². The maximum Gasteiger partial charge on any atom is 0.116 e. The summed E-state index contributed by atoms with van der Waals surface area (Å²) in [5, 5.41) is 13.0. The van der Waals surface area contributed by atoms with Crippen molar-refractivity contribution < 1.29 is 5.11 Å². The lowest BCUT2D eigenvalue weighted by Crippen LogP contribution is -1.96. The number of nitrogens with zero attached hydrogens (tertiary/aromatic N) is 1. The summed E-state index contributed by atoms with van der Waals surface area (Å²) in [6.07, 6.45) is 1.24. The van der Waals surface area contributed by atoms with Gasteiger partial charge < -0.3 is 5.11 Å². The van der Waals surface area contributed by atoms with Gasteiger partial charge in [0.25, 0.3) is 0 Å². The van der Waals surface area contributed by atoms with Gasteiger partial charge in [0.1, 0.15) is 6.10 Å². The second-order valence-corrected chi connectivity index (χ2v) is 5.50. The molecular formula is C10H11NOS2. The van der Waals surface area contributed by atoms with E-state index >= 15 is 0 Å². The van der Waals surface area contributed by atoms with Gasteiger partial charge in [-0.05, 0) is 30.9 Å². The highest BCUT2D eigenvalue weighted by Gasteiger charge is 2.15. The first-order valence-corrected chi connectivity index (χ1v) is 6.02. The molecule has 2 aromatic heterocycles. The smallest absolute Gasteiger partial charge is 0.116 e. The summed E-state index contributed by atoms with van der Waals surface area (Å²) in [6, 6.07) is 1.97. The van der Waals surface area contributed by atoms with Crippen LogP contribution < -0.4 is 0 Å². The Morgan fingerprint density at radius 1 is 1.43 bits per heavy atom. The molecule has 0 saturated heterocycles. The van der Waals surface area contributed by atoms with Crippen molar-refractivity contribution in [2.45, 2.75) is 20.0 Å². The summed E-state index contributed by atoms with van der Waals surface area (Å²) in [5.41, 5.74) is 0.999. The van der Waals surface area contributed by atoms with Crippen molar-refractivity contribution in [3.05, 3.63) is 38.0 Å². The van der Waals surface area contributed by atoms with Crippen molar-refractivity contribution in [2.24, 2.45) is 0 Å². The maximum absolute atomic E-state index is 10.1. The molecule has 0 bridgehead atoms. The highest BCUT2D eigenvalue weighted by molar-refractivity contribution is 7.11. The number of aryl methyl sites for hydroxylation is 2. The summed E-state index contributed by atoms with van der Waals surface area (Å²) < 4.78 is 0. The van der Waals surface area contributed by atoms with Gasteiger partial charge in [-0.1, -0.05) is 0 Å². The van der Waals surface area contributed by atoms with E-state index in [1.807, 2.05) is 25.3 Å². The summed E-state index contributed by atoms with van der Waals surface area (Å²) in [6.45, 7) is 3.97. The van der Waals surface area contributed by atoms with Crippen LogP contribution in [0.25, 0.3) is 0 Å². The molecule has 0 amide bonds. The highest BCUT2D eigenvalue weighted by Crippen LogP contribution is 2.30. The van der Waals surface area contributed by atoms with Gasteiger partial charge in [-0.15, -0.1) is 22.7 Å². The summed E-state index contributed by atoms with van der Waals surface area (Å²) in [7, 11) is 0. The topological polar surface area (TPSA) is 33.1 Å². The largest absolute Gasteiger partial charge is 0.383 e. The molecule has 0 aliphatic heterocycles. The Bertz CT molecular complexity index is 433. The number of aromatic nitrogens is 1. The fourth-order valence-electron chi connectivity index (χ4n) is 1.34. The van der Waals surface area contributed by atoms with Crippen molar-refractivity contribution in [3.8, 4) is 0 Å². The fourth-order valence-corrected chi connectivity index (χ4v) is 2.86. The van der Waals surface area contributed by atoms with Gasteiger partial charge in [-0.25, -0.2) is 4.98 Å². The van der Waals surface area contributed by atoms with Crippen LogP contribution in [-0.2, 0) is 0 Å². The summed E-state index contributed by atoms with van der Waals surface area (Å²) >= 11 is 3.20. The van der Waals surface area contributed by atoms with Crippen LogP contribution in [0.1, 0.15) is 26.4 Å². The molecule has 4 heteroatoms. The number of hydrogen-bond acceptors (Lipinski definition) is 4.